The zero-order valence-electron chi connectivity index (χ0n) is 30.6. The van der Waals surface area contributed by atoms with E-state index in [4.69, 9.17) is 4.74 Å². The summed E-state index contributed by atoms with van der Waals surface area (Å²) in [5.41, 5.74) is 0. The van der Waals surface area contributed by atoms with Gasteiger partial charge in [0.05, 0.1) is 6.26 Å². The molecule has 0 aromatic heterocycles. The van der Waals surface area contributed by atoms with Crippen LogP contribution in [0, 0.1) is 0 Å². The van der Waals surface area contributed by atoms with Gasteiger partial charge in [-0.05, 0) is 25.3 Å². The molecule has 0 amide bonds. The van der Waals surface area contributed by atoms with Gasteiger partial charge in [0, 0.05) is 6.42 Å². The highest BCUT2D eigenvalue weighted by atomic mass is 16.5. The molecule has 0 aliphatic heterocycles. The third kappa shape index (κ3) is 39.2. The average Bonchev–Trinajstić information content (AvgIpc) is 3.03. The van der Waals surface area contributed by atoms with E-state index in [9.17, 15) is 4.79 Å². The molecule has 0 aliphatic carbocycles. The fraction of sp³-hybridized carbons (Fsp3) is 0.929. The Kier molecular flexibility index (Phi) is 39.5. The van der Waals surface area contributed by atoms with Crippen LogP contribution in [0.5, 0.6) is 0 Å². The zero-order chi connectivity index (χ0) is 31.9. The smallest absolute Gasteiger partial charge is 0.310 e. The van der Waals surface area contributed by atoms with E-state index < -0.39 is 0 Å². The van der Waals surface area contributed by atoms with Crippen LogP contribution in [-0.4, -0.2) is 5.97 Å². The molecule has 0 rings (SSSR count). The Labute approximate surface area is 278 Å². The number of esters is 1. The van der Waals surface area contributed by atoms with Crippen LogP contribution in [0.2, 0.25) is 0 Å². The van der Waals surface area contributed by atoms with Gasteiger partial charge in [0.1, 0.15) is 0 Å². The van der Waals surface area contributed by atoms with Crippen molar-refractivity contribution in [1.82, 2.24) is 0 Å². The molecule has 0 fully saturated rings. The quantitative estimate of drug-likeness (QED) is 0.0391. The van der Waals surface area contributed by atoms with Gasteiger partial charge in [-0.3, -0.25) is 4.79 Å². The molecule has 0 saturated carbocycles. The second kappa shape index (κ2) is 40.2. The van der Waals surface area contributed by atoms with Gasteiger partial charge in [-0.2, -0.15) is 0 Å². The van der Waals surface area contributed by atoms with Crippen molar-refractivity contribution in [2.75, 3.05) is 0 Å². The third-order valence-corrected chi connectivity index (χ3v) is 9.50. The van der Waals surface area contributed by atoms with Crippen molar-refractivity contribution in [1.29, 1.82) is 0 Å². The Bertz CT molecular complexity index is 554. The number of allylic oxidation sites excluding steroid dienone is 1. The molecule has 0 radical (unpaired) electrons. The lowest BCUT2D eigenvalue weighted by molar-refractivity contribution is -0.138. The van der Waals surface area contributed by atoms with Gasteiger partial charge < -0.3 is 4.74 Å². The first-order chi connectivity index (χ1) is 21.8. The minimum atomic E-state index is -0.0554. The van der Waals surface area contributed by atoms with Crippen LogP contribution in [0.15, 0.2) is 12.3 Å². The first-order valence-electron chi connectivity index (χ1n) is 20.7. The highest BCUT2D eigenvalue weighted by Gasteiger charge is 2.01. The lowest BCUT2D eigenvalue weighted by Crippen LogP contribution is -1.98. The summed E-state index contributed by atoms with van der Waals surface area (Å²) in [5.74, 6) is -0.0554. The molecule has 0 heterocycles. The van der Waals surface area contributed by atoms with Crippen LogP contribution in [0.25, 0.3) is 0 Å². The minimum Gasteiger partial charge on any atom is -0.435 e. The maximum absolute atomic E-state index is 11.9. The van der Waals surface area contributed by atoms with Crippen LogP contribution in [0.4, 0.5) is 0 Å². The van der Waals surface area contributed by atoms with E-state index in [1.807, 2.05) is 6.08 Å². The van der Waals surface area contributed by atoms with Crippen molar-refractivity contribution in [3.63, 3.8) is 0 Å². The molecule has 0 atom stereocenters. The van der Waals surface area contributed by atoms with Crippen molar-refractivity contribution < 1.29 is 9.53 Å². The Hall–Kier alpha value is -0.790. The molecule has 0 bridgehead atoms. The molecule has 2 heteroatoms. The predicted molar refractivity (Wildman–Crippen MR) is 197 cm³/mol. The van der Waals surface area contributed by atoms with Gasteiger partial charge >= 0.3 is 5.97 Å². The Balaban J connectivity index is 3.20. The summed E-state index contributed by atoms with van der Waals surface area (Å²) in [6.07, 6.45) is 53.9. The van der Waals surface area contributed by atoms with Crippen molar-refractivity contribution in [2.45, 2.75) is 251 Å². The number of hydrogen-bond acceptors (Lipinski definition) is 2. The molecule has 0 aliphatic rings. The summed E-state index contributed by atoms with van der Waals surface area (Å²) in [6, 6.07) is 0. The standard InChI is InChI=1S/C42H82O2/c1-3-5-7-9-11-13-15-17-19-21-23-24-26-28-30-32-34-36-38-40-42(43)44-41-39-37-35-33-31-29-27-25-22-20-18-16-14-12-10-8-6-4-2/h39,41H,3-38,40H2,1-2H3. The largest absolute Gasteiger partial charge is 0.435 e. The van der Waals surface area contributed by atoms with E-state index in [2.05, 4.69) is 13.8 Å². The van der Waals surface area contributed by atoms with E-state index in [0.29, 0.717) is 6.42 Å². The van der Waals surface area contributed by atoms with Crippen molar-refractivity contribution in [3.05, 3.63) is 12.3 Å². The number of carbonyl (C=O) groups excluding carboxylic acids is 1. The van der Waals surface area contributed by atoms with Crippen LogP contribution >= 0.6 is 0 Å². The number of hydrogen-bond donors (Lipinski definition) is 0. The molecule has 2 nitrogen and oxygen atoms in total. The summed E-state index contributed by atoms with van der Waals surface area (Å²) >= 11 is 0. The van der Waals surface area contributed by atoms with Crippen LogP contribution in [-0.2, 0) is 9.53 Å². The monoisotopic (exact) mass is 619 g/mol. The molecule has 0 aromatic carbocycles. The average molecular weight is 619 g/mol. The summed E-state index contributed by atoms with van der Waals surface area (Å²) in [7, 11) is 0. The highest BCUT2D eigenvalue weighted by Crippen LogP contribution is 2.16. The lowest BCUT2D eigenvalue weighted by atomic mass is 10.0. The molecule has 44 heavy (non-hydrogen) atoms. The zero-order valence-corrected chi connectivity index (χ0v) is 30.6. The van der Waals surface area contributed by atoms with Gasteiger partial charge in [0.2, 0.25) is 0 Å². The fourth-order valence-electron chi connectivity index (χ4n) is 6.41. The van der Waals surface area contributed by atoms with Gasteiger partial charge in [0.15, 0.2) is 0 Å². The van der Waals surface area contributed by atoms with E-state index in [1.54, 1.807) is 6.26 Å². The van der Waals surface area contributed by atoms with Crippen molar-refractivity contribution >= 4 is 5.97 Å². The van der Waals surface area contributed by atoms with Gasteiger partial charge in [-0.25, -0.2) is 0 Å². The normalized spacial score (nSPS) is 11.6. The first-order valence-corrected chi connectivity index (χ1v) is 20.7. The molecular formula is C42H82O2. The molecule has 0 aromatic rings. The predicted octanol–water partition coefficient (Wildman–Crippen LogP) is 15.5. The topological polar surface area (TPSA) is 26.3 Å². The van der Waals surface area contributed by atoms with Gasteiger partial charge in [-0.15, -0.1) is 0 Å². The molecular weight excluding hydrogens is 536 g/mol. The van der Waals surface area contributed by atoms with Gasteiger partial charge in [0.25, 0.3) is 0 Å². The fourth-order valence-corrected chi connectivity index (χ4v) is 6.41. The maximum Gasteiger partial charge on any atom is 0.310 e. The molecule has 0 saturated heterocycles. The van der Waals surface area contributed by atoms with E-state index >= 15 is 0 Å². The maximum atomic E-state index is 11.9. The second-order valence-electron chi connectivity index (χ2n) is 14.1. The first kappa shape index (κ1) is 43.2. The number of unbranched alkanes of at least 4 members (excludes halogenated alkanes) is 34. The minimum absolute atomic E-state index is 0.0554. The lowest BCUT2D eigenvalue weighted by Gasteiger charge is -2.04. The number of carbonyl (C=O) groups is 1. The van der Waals surface area contributed by atoms with E-state index in [1.165, 1.54) is 212 Å². The molecule has 0 spiro atoms. The highest BCUT2D eigenvalue weighted by molar-refractivity contribution is 5.69. The molecule has 262 valence electrons. The second-order valence-corrected chi connectivity index (χ2v) is 14.1. The van der Waals surface area contributed by atoms with E-state index in [0.717, 1.165) is 19.3 Å². The summed E-state index contributed by atoms with van der Waals surface area (Å²) in [4.78, 5) is 11.9. The summed E-state index contributed by atoms with van der Waals surface area (Å²) in [5, 5.41) is 0. The van der Waals surface area contributed by atoms with Crippen LogP contribution in [0.3, 0.4) is 0 Å². The summed E-state index contributed by atoms with van der Waals surface area (Å²) < 4.78 is 5.29. The Morgan fingerprint density at radius 3 is 0.909 bits per heavy atom. The number of rotatable bonds is 38. The summed E-state index contributed by atoms with van der Waals surface area (Å²) in [6.45, 7) is 4.59. The SMILES string of the molecule is CCCCCCCCCCCCCCCCCCC=COC(=O)CCCCCCCCCCCCCCCCCCCCC. The van der Waals surface area contributed by atoms with Crippen LogP contribution < -0.4 is 0 Å². The van der Waals surface area contributed by atoms with Crippen LogP contribution in [0.1, 0.15) is 251 Å². The number of ether oxygens (including phenoxy) is 1. The Morgan fingerprint density at radius 2 is 0.614 bits per heavy atom. The van der Waals surface area contributed by atoms with Crippen molar-refractivity contribution in [2.24, 2.45) is 0 Å². The van der Waals surface area contributed by atoms with E-state index in [-0.39, 0.29) is 5.97 Å². The van der Waals surface area contributed by atoms with Gasteiger partial charge in [-0.1, -0.05) is 226 Å². The third-order valence-electron chi connectivity index (χ3n) is 9.50. The Morgan fingerprint density at radius 1 is 0.364 bits per heavy atom. The van der Waals surface area contributed by atoms with Crippen molar-refractivity contribution in [3.8, 4) is 0 Å². The molecule has 0 unspecified atom stereocenters. The molecule has 0 N–H and O–H groups in total.